The molecule has 0 fully saturated rings. The highest BCUT2D eigenvalue weighted by Crippen LogP contribution is 2.34. The summed E-state index contributed by atoms with van der Waals surface area (Å²) in [5.74, 6) is 1.08. The standard InChI is InChI=1S/C16H10N2O2/c1-2-6-11(7-3-1)19-16-15-13(10-17-18-16)12-8-4-5-9-14(12)20-15/h1-10H. The molecule has 2 aromatic heterocycles. The van der Waals surface area contributed by atoms with E-state index in [0.717, 1.165) is 16.4 Å². The van der Waals surface area contributed by atoms with Crippen molar-refractivity contribution in [1.29, 1.82) is 0 Å². The van der Waals surface area contributed by atoms with Gasteiger partial charge in [-0.3, -0.25) is 0 Å². The van der Waals surface area contributed by atoms with E-state index in [9.17, 15) is 0 Å². The summed E-state index contributed by atoms with van der Waals surface area (Å²) in [5, 5.41) is 9.94. The monoisotopic (exact) mass is 262 g/mol. The zero-order chi connectivity index (χ0) is 13.4. The largest absolute Gasteiger partial charge is 0.450 e. The van der Waals surface area contributed by atoms with E-state index in [1.807, 2.05) is 54.6 Å². The van der Waals surface area contributed by atoms with Crippen LogP contribution in [-0.2, 0) is 0 Å². The zero-order valence-electron chi connectivity index (χ0n) is 10.5. The van der Waals surface area contributed by atoms with Crippen molar-refractivity contribution in [1.82, 2.24) is 10.2 Å². The van der Waals surface area contributed by atoms with Crippen LogP contribution in [-0.4, -0.2) is 10.2 Å². The maximum absolute atomic E-state index is 5.83. The molecule has 0 atom stereocenters. The predicted octanol–water partition coefficient (Wildman–Crippen LogP) is 4.17. The second-order valence-corrected chi connectivity index (χ2v) is 4.41. The molecular weight excluding hydrogens is 252 g/mol. The van der Waals surface area contributed by atoms with Gasteiger partial charge >= 0.3 is 0 Å². The fraction of sp³-hybridized carbons (Fsp3) is 0. The van der Waals surface area contributed by atoms with Gasteiger partial charge in [0, 0.05) is 5.39 Å². The maximum Gasteiger partial charge on any atom is 0.283 e. The molecule has 0 saturated carbocycles. The minimum atomic E-state index is 0.380. The van der Waals surface area contributed by atoms with Gasteiger partial charge < -0.3 is 9.15 Å². The SMILES string of the molecule is c1ccc(Oc2nncc3c2oc2ccccc23)cc1. The van der Waals surface area contributed by atoms with Gasteiger partial charge in [-0.25, -0.2) is 0 Å². The van der Waals surface area contributed by atoms with Crippen molar-refractivity contribution in [2.75, 3.05) is 0 Å². The first kappa shape index (κ1) is 11.0. The van der Waals surface area contributed by atoms with Crippen molar-refractivity contribution in [2.24, 2.45) is 0 Å². The highest BCUT2D eigenvalue weighted by atomic mass is 16.5. The third-order valence-corrected chi connectivity index (χ3v) is 3.12. The Balaban J connectivity index is 1.91. The molecule has 0 spiro atoms. The summed E-state index contributed by atoms with van der Waals surface area (Å²) in [7, 11) is 0. The van der Waals surface area contributed by atoms with E-state index in [0.29, 0.717) is 17.2 Å². The lowest BCUT2D eigenvalue weighted by atomic mass is 10.2. The zero-order valence-corrected chi connectivity index (χ0v) is 10.5. The molecule has 0 radical (unpaired) electrons. The van der Waals surface area contributed by atoms with Gasteiger partial charge in [-0.05, 0) is 18.2 Å². The molecule has 0 amide bonds. The lowest BCUT2D eigenvalue weighted by molar-refractivity contribution is 0.450. The Bertz CT molecular complexity index is 885. The van der Waals surface area contributed by atoms with Gasteiger partial charge in [0.15, 0.2) is 0 Å². The van der Waals surface area contributed by atoms with E-state index < -0.39 is 0 Å². The molecule has 0 unspecified atom stereocenters. The molecule has 2 heterocycles. The highest BCUT2D eigenvalue weighted by molar-refractivity contribution is 6.05. The summed E-state index contributed by atoms with van der Waals surface area (Å²) in [4.78, 5) is 0. The Kier molecular flexibility index (Phi) is 2.39. The Labute approximate surface area is 114 Å². The van der Waals surface area contributed by atoms with Gasteiger partial charge in [-0.2, -0.15) is 5.10 Å². The van der Waals surface area contributed by atoms with Crippen LogP contribution in [0, 0.1) is 0 Å². The van der Waals surface area contributed by atoms with Crippen molar-refractivity contribution in [2.45, 2.75) is 0 Å². The Morgan fingerprint density at radius 3 is 2.55 bits per heavy atom. The predicted molar refractivity (Wildman–Crippen MR) is 75.8 cm³/mol. The molecule has 4 heteroatoms. The number of hydrogen-bond donors (Lipinski definition) is 0. The van der Waals surface area contributed by atoms with Crippen LogP contribution in [0.3, 0.4) is 0 Å². The number of ether oxygens (including phenoxy) is 1. The van der Waals surface area contributed by atoms with Crippen LogP contribution in [0.15, 0.2) is 65.2 Å². The third-order valence-electron chi connectivity index (χ3n) is 3.12. The van der Waals surface area contributed by atoms with Crippen LogP contribution in [0.25, 0.3) is 21.9 Å². The summed E-state index contributed by atoms with van der Waals surface area (Å²) in [5.41, 5.74) is 1.42. The molecule has 0 aliphatic carbocycles. The van der Waals surface area contributed by atoms with Gasteiger partial charge in [0.05, 0.1) is 11.6 Å². The molecule has 96 valence electrons. The van der Waals surface area contributed by atoms with Crippen molar-refractivity contribution in [3.8, 4) is 11.6 Å². The minimum Gasteiger partial charge on any atom is -0.450 e. The van der Waals surface area contributed by atoms with Crippen molar-refractivity contribution in [3.63, 3.8) is 0 Å². The number of fused-ring (bicyclic) bond motifs is 3. The van der Waals surface area contributed by atoms with Crippen LogP contribution in [0.5, 0.6) is 11.6 Å². The summed E-state index contributed by atoms with van der Waals surface area (Å²) < 4.78 is 11.6. The Morgan fingerprint density at radius 1 is 0.850 bits per heavy atom. The second-order valence-electron chi connectivity index (χ2n) is 4.41. The molecular formula is C16H10N2O2. The van der Waals surface area contributed by atoms with Gasteiger partial charge in [-0.15, -0.1) is 5.10 Å². The molecule has 0 bridgehead atoms. The fourth-order valence-corrected chi connectivity index (χ4v) is 2.20. The summed E-state index contributed by atoms with van der Waals surface area (Å²) in [6.07, 6.45) is 1.69. The first-order valence-corrected chi connectivity index (χ1v) is 6.28. The van der Waals surface area contributed by atoms with Crippen molar-refractivity contribution in [3.05, 3.63) is 60.8 Å². The average Bonchev–Trinajstić information content (AvgIpc) is 2.88. The lowest BCUT2D eigenvalue weighted by Gasteiger charge is -2.03. The van der Waals surface area contributed by atoms with Crippen LogP contribution in [0.1, 0.15) is 0 Å². The number of benzene rings is 2. The second kappa shape index (κ2) is 4.35. The third kappa shape index (κ3) is 1.70. The van der Waals surface area contributed by atoms with E-state index in [1.54, 1.807) is 6.20 Å². The van der Waals surface area contributed by atoms with Crippen molar-refractivity contribution < 1.29 is 9.15 Å². The quantitative estimate of drug-likeness (QED) is 0.544. The molecule has 0 aliphatic heterocycles. The van der Waals surface area contributed by atoms with E-state index in [1.165, 1.54) is 0 Å². The number of furan rings is 1. The maximum atomic E-state index is 5.83. The minimum absolute atomic E-state index is 0.380. The fourth-order valence-electron chi connectivity index (χ4n) is 2.20. The first-order chi connectivity index (χ1) is 9.92. The number of hydrogen-bond acceptors (Lipinski definition) is 4. The average molecular weight is 262 g/mol. The molecule has 0 saturated heterocycles. The van der Waals surface area contributed by atoms with E-state index in [-0.39, 0.29) is 0 Å². The number of aromatic nitrogens is 2. The van der Waals surface area contributed by atoms with Gasteiger partial charge in [0.2, 0.25) is 5.58 Å². The Hall–Kier alpha value is -2.88. The normalized spacial score (nSPS) is 11.0. The summed E-state index contributed by atoms with van der Waals surface area (Å²) >= 11 is 0. The topological polar surface area (TPSA) is 48.2 Å². The molecule has 2 aromatic carbocycles. The molecule has 4 rings (SSSR count). The molecule has 20 heavy (non-hydrogen) atoms. The molecule has 4 nitrogen and oxygen atoms in total. The highest BCUT2D eigenvalue weighted by Gasteiger charge is 2.13. The lowest BCUT2D eigenvalue weighted by Crippen LogP contribution is -1.90. The summed E-state index contributed by atoms with van der Waals surface area (Å²) in [6.45, 7) is 0. The van der Waals surface area contributed by atoms with Crippen LogP contribution >= 0.6 is 0 Å². The molecule has 4 aromatic rings. The number of rotatable bonds is 2. The number of nitrogens with zero attached hydrogens (tertiary/aromatic N) is 2. The number of para-hydroxylation sites is 2. The van der Waals surface area contributed by atoms with Crippen LogP contribution in [0.2, 0.25) is 0 Å². The first-order valence-electron chi connectivity index (χ1n) is 6.28. The Morgan fingerprint density at radius 2 is 1.65 bits per heavy atom. The smallest absolute Gasteiger partial charge is 0.283 e. The van der Waals surface area contributed by atoms with Gasteiger partial charge in [0.1, 0.15) is 11.3 Å². The van der Waals surface area contributed by atoms with E-state index in [2.05, 4.69) is 10.2 Å². The van der Waals surface area contributed by atoms with E-state index >= 15 is 0 Å². The van der Waals surface area contributed by atoms with Gasteiger partial charge in [0.25, 0.3) is 5.88 Å². The summed E-state index contributed by atoms with van der Waals surface area (Å²) in [6, 6.07) is 17.3. The van der Waals surface area contributed by atoms with Crippen LogP contribution < -0.4 is 4.74 Å². The molecule has 0 N–H and O–H groups in total. The van der Waals surface area contributed by atoms with Crippen molar-refractivity contribution >= 4 is 21.9 Å². The van der Waals surface area contributed by atoms with Crippen LogP contribution in [0.4, 0.5) is 0 Å². The van der Waals surface area contributed by atoms with E-state index in [4.69, 9.17) is 9.15 Å². The van der Waals surface area contributed by atoms with Gasteiger partial charge in [-0.1, -0.05) is 36.4 Å². The molecule has 0 aliphatic rings.